The van der Waals surface area contributed by atoms with Crippen LogP contribution in [0.2, 0.25) is 0 Å². The Kier molecular flexibility index (Phi) is 1.55. The summed E-state index contributed by atoms with van der Waals surface area (Å²) in [6.07, 6.45) is 0. The van der Waals surface area contributed by atoms with E-state index in [-0.39, 0.29) is 5.39 Å². The second-order valence-electron chi connectivity index (χ2n) is 2.60. The Morgan fingerprint density at radius 3 is 2.85 bits per heavy atom. The molecular formula is C9H5FO3. The van der Waals surface area contributed by atoms with Crippen LogP contribution in [0, 0.1) is 5.82 Å². The summed E-state index contributed by atoms with van der Waals surface area (Å²) in [5, 5.41) is 9.79. The lowest BCUT2D eigenvalue weighted by atomic mass is 10.2. The first-order valence-corrected chi connectivity index (χ1v) is 3.59. The van der Waals surface area contributed by atoms with Gasteiger partial charge in [0.15, 0.2) is 0 Å². The lowest BCUT2D eigenvalue weighted by Gasteiger charge is -1.97. The third-order valence-corrected chi connectivity index (χ3v) is 1.72. The zero-order chi connectivity index (χ0) is 9.42. The van der Waals surface area contributed by atoms with Gasteiger partial charge in [0.25, 0.3) is 5.95 Å². The Morgan fingerprint density at radius 1 is 1.31 bits per heavy atom. The molecule has 0 aliphatic rings. The van der Waals surface area contributed by atoms with Crippen LogP contribution in [0.25, 0.3) is 10.8 Å². The molecule has 4 heteroatoms. The number of hydrogen-bond acceptors (Lipinski definition) is 3. The normalized spacial score (nSPS) is 10.5. The molecule has 0 spiro atoms. The van der Waals surface area contributed by atoms with E-state index in [9.17, 15) is 9.18 Å². The number of fused-ring (bicyclic) bond motifs is 1. The predicted molar refractivity (Wildman–Crippen MR) is 44.1 cm³/mol. The number of rotatable bonds is 0. The average Bonchev–Trinajstić information content (AvgIpc) is 2.06. The molecule has 2 aromatic rings. The van der Waals surface area contributed by atoms with E-state index in [0.29, 0.717) is 5.39 Å². The summed E-state index contributed by atoms with van der Waals surface area (Å²) in [7, 11) is 0. The van der Waals surface area contributed by atoms with Crippen LogP contribution in [-0.2, 0) is 0 Å². The Bertz CT molecular complexity index is 516. The van der Waals surface area contributed by atoms with Gasteiger partial charge in [0.2, 0.25) is 0 Å². The van der Waals surface area contributed by atoms with Crippen molar-refractivity contribution in [3.8, 4) is 5.95 Å². The van der Waals surface area contributed by atoms with Gasteiger partial charge in [-0.2, -0.15) is 0 Å². The molecule has 13 heavy (non-hydrogen) atoms. The van der Waals surface area contributed by atoms with Crippen LogP contribution in [0.5, 0.6) is 5.95 Å². The molecule has 0 saturated carbocycles. The Labute approximate surface area is 72.0 Å². The summed E-state index contributed by atoms with van der Waals surface area (Å²) in [6.45, 7) is 0. The van der Waals surface area contributed by atoms with Crippen LogP contribution in [0.1, 0.15) is 0 Å². The van der Waals surface area contributed by atoms with Crippen LogP contribution in [0.15, 0.2) is 33.5 Å². The van der Waals surface area contributed by atoms with Crippen molar-refractivity contribution in [2.45, 2.75) is 0 Å². The summed E-state index contributed by atoms with van der Waals surface area (Å²) < 4.78 is 17.1. The van der Waals surface area contributed by atoms with Gasteiger partial charge in [0.1, 0.15) is 5.82 Å². The minimum absolute atomic E-state index is 0.194. The molecule has 1 N–H and O–H groups in total. The maximum atomic E-state index is 12.7. The third kappa shape index (κ3) is 1.26. The summed E-state index contributed by atoms with van der Waals surface area (Å²) in [5.74, 6) is -1.04. The zero-order valence-electron chi connectivity index (χ0n) is 6.45. The lowest BCUT2D eigenvalue weighted by Crippen LogP contribution is -1.95. The largest absolute Gasteiger partial charge is 0.480 e. The van der Waals surface area contributed by atoms with Gasteiger partial charge in [-0.15, -0.1) is 0 Å². The highest BCUT2D eigenvalue weighted by atomic mass is 19.1. The van der Waals surface area contributed by atoms with E-state index in [0.717, 1.165) is 6.07 Å². The van der Waals surface area contributed by atoms with Gasteiger partial charge in [0.05, 0.1) is 5.39 Å². The van der Waals surface area contributed by atoms with Crippen molar-refractivity contribution in [1.82, 2.24) is 0 Å². The van der Waals surface area contributed by atoms with Gasteiger partial charge in [0, 0.05) is 6.07 Å². The molecule has 1 heterocycles. The van der Waals surface area contributed by atoms with Crippen LogP contribution in [0.3, 0.4) is 0 Å². The van der Waals surface area contributed by atoms with Crippen molar-refractivity contribution in [2.75, 3.05) is 0 Å². The predicted octanol–water partition coefficient (Wildman–Crippen LogP) is 1.64. The van der Waals surface area contributed by atoms with Crippen LogP contribution < -0.4 is 5.63 Å². The highest BCUT2D eigenvalue weighted by molar-refractivity contribution is 5.85. The number of halogens is 1. The van der Waals surface area contributed by atoms with E-state index >= 15 is 0 Å². The van der Waals surface area contributed by atoms with Gasteiger partial charge in [-0.3, -0.25) is 0 Å². The van der Waals surface area contributed by atoms with E-state index in [2.05, 4.69) is 4.42 Å². The monoisotopic (exact) mass is 180 g/mol. The topological polar surface area (TPSA) is 50.4 Å². The molecule has 0 bridgehead atoms. The van der Waals surface area contributed by atoms with Gasteiger partial charge in [-0.25, -0.2) is 9.18 Å². The molecule has 0 fully saturated rings. The molecule has 0 unspecified atom stereocenters. The van der Waals surface area contributed by atoms with Crippen molar-refractivity contribution in [2.24, 2.45) is 0 Å². The molecule has 0 saturated heterocycles. The first-order valence-electron chi connectivity index (χ1n) is 3.59. The first-order chi connectivity index (χ1) is 6.16. The van der Waals surface area contributed by atoms with E-state index in [1.165, 1.54) is 18.2 Å². The Morgan fingerprint density at radius 2 is 2.08 bits per heavy atom. The zero-order valence-corrected chi connectivity index (χ0v) is 6.45. The Balaban J connectivity index is 2.95. The maximum Gasteiger partial charge on any atom is 0.339 e. The SMILES string of the molecule is O=c1cc2ccc(F)cc2c(O)o1. The van der Waals surface area contributed by atoms with Crippen molar-refractivity contribution >= 4 is 10.8 Å². The molecule has 0 atom stereocenters. The van der Waals surface area contributed by atoms with Crippen molar-refractivity contribution in [1.29, 1.82) is 0 Å². The molecule has 0 aliphatic carbocycles. The van der Waals surface area contributed by atoms with Gasteiger partial charge >= 0.3 is 5.63 Å². The van der Waals surface area contributed by atoms with E-state index in [1.807, 2.05) is 0 Å². The molecule has 66 valence electrons. The summed E-state index contributed by atoms with van der Waals surface area (Å²) >= 11 is 0. The van der Waals surface area contributed by atoms with E-state index in [1.54, 1.807) is 0 Å². The van der Waals surface area contributed by atoms with Crippen LogP contribution in [-0.4, -0.2) is 5.11 Å². The fourth-order valence-corrected chi connectivity index (χ4v) is 1.15. The Hall–Kier alpha value is -1.84. The minimum atomic E-state index is -0.656. The highest BCUT2D eigenvalue weighted by Gasteiger charge is 2.04. The quantitative estimate of drug-likeness (QED) is 0.670. The van der Waals surface area contributed by atoms with Crippen molar-refractivity contribution in [3.63, 3.8) is 0 Å². The average molecular weight is 180 g/mol. The maximum absolute atomic E-state index is 12.7. The molecule has 0 radical (unpaired) electrons. The van der Waals surface area contributed by atoms with E-state index in [4.69, 9.17) is 5.11 Å². The molecule has 3 nitrogen and oxygen atoms in total. The molecule has 0 amide bonds. The fraction of sp³-hybridized carbons (Fsp3) is 0. The lowest BCUT2D eigenvalue weighted by molar-refractivity contribution is 0.317. The number of benzene rings is 1. The highest BCUT2D eigenvalue weighted by Crippen LogP contribution is 2.22. The standard InChI is InChI=1S/C9H5FO3/c10-6-2-1-5-3-8(11)13-9(12)7(5)4-6/h1-4,12H. The number of aromatic hydroxyl groups is 1. The molecular weight excluding hydrogens is 175 g/mol. The van der Waals surface area contributed by atoms with Crippen LogP contribution >= 0.6 is 0 Å². The summed E-state index contributed by atoms with van der Waals surface area (Å²) in [6, 6.07) is 4.91. The summed E-state index contributed by atoms with van der Waals surface area (Å²) in [5.41, 5.74) is -0.656. The molecule has 2 rings (SSSR count). The van der Waals surface area contributed by atoms with Crippen molar-refractivity contribution in [3.05, 3.63) is 40.5 Å². The second kappa shape index (κ2) is 2.58. The minimum Gasteiger partial charge on any atom is -0.480 e. The van der Waals surface area contributed by atoms with E-state index < -0.39 is 17.4 Å². The molecule has 1 aromatic heterocycles. The smallest absolute Gasteiger partial charge is 0.339 e. The van der Waals surface area contributed by atoms with Crippen LogP contribution in [0.4, 0.5) is 4.39 Å². The fourth-order valence-electron chi connectivity index (χ4n) is 1.15. The molecule has 0 aliphatic heterocycles. The van der Waals surface area contributed by atoms with Gasteiger partial charge in [-0.1, -0.05) is 6.07 Å². The first kappa shape index (κ1) is 7.79. The molecule has 1 aromatic carbocycles. The van der Waals surface area contributed by atoms with Gasteiger partial charge < -0.3 is 9.52 Å². The second-order valence-corrected chi connectivity index (χ2v) is 2.60. The van der Waals surface area contributed by atoms with Gasteiger partial charge in [-0.05, 0) is 17.5 Å². The number of hydrogen-bond donors (Lipinski definition) is 1. The summed E-state index contributed by atoms with van der Waals surface area (Å²) in [4.78, 5) is 10.8. The van der Waals surface area contributed by atoms with Crippen molar-refractivity contribution < 1.29 is 13.9 Å². The third-order valence-electron chi connectivity index (χ3n) is 1.72.